The first-order valence-corrected chi connectivity index (χ1v) is 8.85. The fourth-order valence-electron chi connectivity index (χ4n) is 3.07. The number of nitriles is 1. The Morgan fingerprint density at radius 2 is 1.79 bits per heavy atom. The third-order valence-electron chi connectivity index (χ3n) is 4.65. The van der Waals surface area contributed by atoms with E-state index in [-0.39, 0.29) is 17.1 Å². The van der Waals surface area contributed by atoms with E-state index in [9.17, 15) is 15.2 Å². The first-order valence-electron chi connectivity index (χ1n) is 8.85. The lowest BCUT2D eigenvalue weighted by atomic mass is 10.1. The van der Waals surface area contributed by atoms with Crippen molar-refractivity contribution in [1.82, 2.24) is 4.57 Å². The molecule has 0 fully saturated rings. The van der Waals surface area contributed by atoms with E-state index < -0.39 is 11.6 Å². The molecule has 1 atom stereocenters. The van der Waals surface area contributed by atoms with Gasteiger partial charge in [0.25, 0.3) is 5.56 Å². The quantitative estimate of drug-likeness (QED) is 0.648. The third kappa shape index (κ3) is 3.55. The number of aromatic hydroxyl groups is 1. The van der Waals surface area contributed by atoms with Crippen LogP contribution >= 0.6 is 0 Å². The van der Waals surface area contributed by atoms with E-state index in [4.69, 9.17) is 0 Å². The second-order valence-corrected chi connectivity index (χ2v) is 6.58. The molecule has 0 aliphatic carbocycles. The maximum Gasteiger partial charge on any atom is 0.282 e. The molecule has 1 heterocycles. The monoisotopic (exact) mass is 372 g/mol. The Bertz CT molecular complexity index is 1140. The van der Waals surface area contributed by atoms with Crippen molar-refractivity contribution in [3.05, 3.63) is 87.2 Å². The smallest absolute Gasteiger partial charge is 0.282 e. The number of nitrogens with zero attached hydrogens (tertiary/aromatic N) is 4. The van der Waals surface area contributed by atoms with Crippen LogP contribution in [0, 0.1) is 25.2 Å². The summed E-state index contributed by atoms with van der Waals surface area (Å²) in [6.45, 7) is 5.31. The Labute approximate surface area is 163 Å². The van der Waals surface area contributed by atoms with Gasteiger partial charge in [-0.3, -0.25) is 9.36 Å². The van der Waals surface area contributed by atoms with Crippen LogP contribution in [0.15, 0.2) is 69.6 Å². The second-order valence-electron chi connectivity index (χ2n) is 6.58. The summed E-state index contributed by atoms with van der Waals surface area (Å²) in [6.07, 6.45) is 0. The van der Waals surface area contributed by atoms with Crippen molar-refractivity contribution in [3.63, 3.8) is 0 Å². The van der Waals surface area contributed by atoms with Gasteiger partial charge in [0.05, 0.1) is 11.7 Å². The number of hydrogen-bond donors (Lipinski definition) is 1. The van der Waals surface area contributed by atoms with Crippen molar-refractivity contribution < 1.29 is 5.11 Å². The van der Waals surface area contributed by atoms with Gasteiger partial charge in [0.1, 0.15) is 11.6 Å². The summed E-state index contributed by atoms with van der Waals surface area (Å²) in [5.74, 6) is -0.365. The van der Waals surface area contributed by atoms with Crippen LogP contribution in [0.5, 0.6) is 5.88 Å². The van der Waals surface area contributed by atoms with Crippen LogP contribution in [0.2, 0.25) is 0 Å². The average Bonchev–Trinajstić information content (AvgIpc) is 2.69. The van der Waals surface area contributed by atoms with Crippen molar-refractivity contribution in [3.8, 4) is 11.9 Å². The Balaban J connectivity index is 2.18. The molecule has 0 aliphatic rings. The number of aryl methyl sites for hydroxylation is 1. The number of hydrogen-bond acceptors (Lipinski definition) is 5. The summed E-state index contributed by atoms with van der Waals surface area (Å²) >= 11 is 0. The summed E-state index contributed by atoms with van der Waals surface area (Å²) < 4.78 is 1.19. The normalized spacial score (nSPS) is 12.1. The molecule has 1 aromatic heterocycles. The summed E-state index contributed by atoms with van der Waals surface area (Å²) in [5, 5.41) is 28.4. The molecule has 28 heavy (non-hydrogen) atoms. The summed E-state index contributed by atoms with van der Waals surface area (Å²) in [7, 11) is 0. The van der Waals surface area contributed by atoms with Gasteiger partial charge in [-0.25, -0.2) is 0 Å². The summed E-state index contributed by atoms with van der Waals surface area (Å²) in [6, 6.07) is 18.2. The highest BCUT2D eigenvalue weighted by molar-refractivity contribution is 5.57. The molecule has 0 saturated carbocycles. The molecular formula is C22H20N4O2. The van der Waals surface area contributed by atoms with Gasteiger partial charge in [-0.05, 0) is 44.0 Å². The Morgan fingerprint density at radius 3 is 2.43 bits per heavy atom. The molecular weight excluding hydrogens is 352 g/mol. The van der Waals surface area contributed by atoms with Gasteiger partial charge in [-0.1, -0.05) is 42.5 Å². The maximum atomic E-state index is 13.1. The zero-order chi connectivity index (χ0) is 20.3. The number of rotatable bonds is 4. The van der Waals surface area contributed by atoms with Gasteiger partial charge in [0.2, 0.25) is 5.88 Å². The molecule has 0 radical (unpaired) electrons. The van der Waals surface area contributed by atoms with E-state index >= 15 is 0 Å². The summed E-state index contributed by atoms with van der Waals surface area (Å²) in [5.41, 5.74) is 2.31. The van der Waals surface area contributed by atoms with Crippen LogP contribution in [0.1, 0.15) is 35.2 Å². The van der Waals surface area contributed by atoms with Crippen molar-refractivity contribution in [1.29, 1.82) is 5.26 Å². The molecule has 6 nitrogen and oxygen atoms in total. The van der Waals surface area contributed by atoms with Crippen molar-refractivity contribution >= 4 is 11.4 Å². The van der Waals surface area contributed by atoms with E-state index in [1.807, 2.05) is 61.5 Å². The lowest BCUT2D eigenvalue weighted by Gasteiger charge is -2.19. The van der Waals surface area contributed by atoms with Gasteiger partial charge in [-0.2, -0.15) is 10.4 Å². The molecule has 1 unspecified atom stereocenters. The zero-order valence-electron chi connectivity index (χ0n) is 15.9. The van der Waals surface area contributed by atoms with E-state index in [1.165, 1.54) is 4.57 Å². The van der Waals surface area contributed by atoms with Crippen molar-refractivity contribution in [2.75, 3.05) is 0 Å². The van der Waals surface area contributed by atoms with Crippen molar-refractivity contribution in [2.24, 2.45) is 10.2 Å². The van der Waals surface area contributed by atoms with Crippen LogP contribution in [-0.4, -0.2) is 9.67 Å². The molecule has 0 aliphatic heterocycles. The second kappa shape index (κ2) is 7.89. The van der Waals surface area contributed by atoms with Crippen LogP contribution in [-0.2, 0) is 0 Å². The lowest BCUT2D eigenvalue weighted by molar-refractivity contribution is 0.393. The minimum Gasteiger partial charge on any atom is -0.493 e. The molecule has 6 heteroatoms. The van der Waals surface area contributed by atoms with Gasteiger partial charge in [-0.15, -0.1) is 5.11 Å². The molecule has 2 aromatic carbocycles. The predicted molar refractivity (Wildman–Crippen MR) is 107 cm³/mol. The number of azo groups is 1. The van der Waals surface area contributed by atoms with Gasteiger partial charge in [0.15, 0.2) is 5.69 Å². The molecule has 140 valence electrons. The molecule has 0 amide bonds. The molecule has 1 N–H and O–H groups in total. The van der Waals surface area contributed by atoms with E-state index in [0.717, 1.165) is 11.1 Å². The number of aromatic nitrogens is 1. The number of pyridine rings is 1. The van der Waals surface area contributed by atoms with E-state index in [0.29, 0.717) is 11.3 Å². The highest BCUT2D eigenvalue weighted by Gasteiger charge is 2.23. The molecule has 0 saturated heterocycles. The number of benzene rings is 2. The first kappa shape index (κ1) is 19.1. The Morgan fingerprint density at radius 1 is 1.07 bits per heavy atom. The van der Waals surface area contributed by atoms with Crippen LogP contribution in [0.3, 0.4) is 0 Å². The highest BCUT2D eigenvalue weighted by atomic mass is 16.3. The lowest BCUT2D eigenvalue weighted by Crippen LogP contribution is -2.25. The molecule has 0 bridgehead atoms. The fourth-order valence-corrected chi connectivity index (χ4v) is 3.07. The fraction of sp³-hybridized carbons (Fsp3) is 0.182. The van der Waals surface area contributed by atoms with Crippen LogP contribution in [0.25, 0.3) is 0 Å². The Hall–Kier alpha value is -3.72. The standard InChI is InChI=1S/C22H20N4O2/c1-14-8-7-11-18(12-14)24-25-20-15(2)19(13-23)21(27)26(22(20)28)16(3)17-9-5-4-6-10-17/h4-12,16,27H,1-3H3. The van der Waals surface area contributed by atoms with Gasteiger partial charge < -0.3 is 5.11 Å². The van der Waals surface area contributed by atoms with Crippen LogP contribution < -0.4 is 5.56 Å². The van der Waals surface area contributed by atoms with E-state index in [2.05, 4.69) is 10.2 Å². The third-order valence-corrected chi connectivity index (χ3v) is 4.65. The van der Waals surface area contributed by atoms with E-state index in [1.54, 1.807) is 19.9 Å². The first-order chi connectivity index (χ1) is 13.4. The van der Waals surface area contributed by atoms with Crippen LogP contribution in [0.4, 0.5) is 11.4 Å². The molecule has 3 aromatic rings. The minimum absolute atomic E-state index is 0.0144. The summed E-state index contributed by atoms with van der Waals surface area (Å²) in [4.78, 5) is 13.1. The topological polar surface area (TPSA) is 90.7 Å². The largest absolute Gasteiger partial charge is 0.493 e. The van der Waals surface area contributed by atoms with Gasteiger partial charge in [0, 0.05) is 5.56 Å². The highest BCUT2D eigenvalue weighted by Crippen LogP contribution is 2.30. The predicted octanol–water partition coefficient (Wildman–Crippen LogP) is 5.07. The zero-order valence-corrected chi connectivity index (χ0v) is 15.9. The minimum atomic E-state index is -0.498. The average molecular weight is 372 g/mol. The molecule has 0 spiro atoms. The van der Waals surface area contributed by atoms with Gasteiger partial charge >= 0.3 is 0 Å². The SMILES string of the molecule is Cc1cccc(N=Nc2c(C)c(C#N)c(O)n(C(C)c3ccccc3)c2=O)c1. The maximum absolute atomic E-state index is 13.1. The Kier molecular flexibility index (Phi) is 5.37. The molecule has 3 rings (SSSR count). The van der Waals surface area contributed by atoms with Crippen molar-refractivity contribution in [2.45, 2.75) is 26.8 Å².